The molecule has 0 N–H and O–H groups in total. The summed E-state index contributed by atoms with van der Waals surface area (Å²) < 4.78 is 0. The number of rotatable bonds is 6. The van der Waals surface area contributed by atoms with Gasteiger partial charge in [-0.15, -0.1) is 9.77 Å². The molecule has 0 aliphatic heterocycles. The molecule has 0 unspecified atom stereocenters. The van der Waals surface area contributed by atoms with E-state index in [4.69, 9.17) is 0 Å². The van der Waals surface area contributed by atoms with Crippen LogP contribution in [0.2, 0.25) is 0 Å². The van der Waals surface area contributed by atoms with E-state index in [-0.39, 0.29) is 0 Å². The lowest BCUT2D eigenvalue weighted by Gasteiger charge is -1.91. The first kappa shape index (κ1) is 15.9. The Kier molecular flexibility index (Phi) is 4.29. The van der Waals surface area contributed by atoms with Crippen molar-refractivity contribution in [3.8, 4) is 0 Å². The number of hydrogen-bond donors (Lipinski definition) is 0. The molecule has 2 aromatic heterocycles. The molecular formula is C4H2N14O6. The molecule has 0 saturated carbocycles. The van der Waals surface area contributed by atoms with Crippen LogP contribution in [0.5, 0.6) is 0 Å². The summed E-state index contributed by atoms with van der Waals surface area (Å²) in [6.07, 6.45) is 1.72. The minimum Gasteiger partial charge on any atom is -0.685 e. The van der Waals surface area contributed by atoms with Crippen LogP contribution < -0.4 is 0 Å². The summed E-state index contributed by atoms with van der Waals surface area (Å²) in [6, 6.07) is 0. The van der Waals surface area contributed by atoms with Gasteiger partial charge in [-0.25, -0.2) is 10.1 Å². The van der Waals surface area contributed by atoms with Gasteiger partial charge in [0.15, 0.2) is 0 Å². The van der Waals surface area contributed by atoms with Crippen molar-refractivity contribution in [1.82, 2.24) is 29.7 Å². The molecule has 20 nitrogen and oxygen atoms in total. The van der Waals surface area contributed by atoms with Crippen molar-refractivity contribution < 1.29 is 19.8 Å². The Morgan fingerprint density at radius 3 is 1.50 bits per heavy atom. The molecule has 0 atom stereocenters. The molecule has 20 heteroatoms. The first-order chi connectivity index (χ1) is 11.3. The van der Waals surface area contributed by atoms with E-state index in [0.717, 1.165) is 12.7 Å². The lowest BCUT2D eigenvalue weighted by molar-refractivity contribution is -0.645. The minimum absolute atomic E-state index is 0.464. The topological polar surface area (TPSA) is 249 Å². The molecule has 0 amide bonds. The molecule has 0 saturated heterocycles. The van der Waals surface area contributed by atoms with E-state index >= 15 is 0 Å². The monoisotopic (exact) mass is 342 g/mol. The fourth-order valence-corrected chi connectivity index (χ4v) is 1.05. The van der Waals surface area contributed by atoms with Crippen molar-refractivity contribution in [3.05, 3.63) is 43.3 Å². The fourth-order valence-electron chi connectivity index (χ4n) is 1.05. The molecule has 2 rings (SSSR count). The van der Waals surface area contributed by atoms with Crippen molar-refractivity contribution in [2.45, 2.75) is 0 Å². The summed E-state index contributed by atoms with van der Waals surface area (Å²) in [5.74, 6) is -1.39. The van der Waals surface area contributed by atoms with Crippen molar-refractivity contribution >= 4 is 11.9 Å². The van der Waals surface area contributed by atoms with Crippen LogP contribution in [0, 0.1) is 30.6 Å². The molecule has 0 fully saturated rings. The van der Waals surface area contributed by atoms with E-state index in [1.54, 1.807) is 0 Å². The highest BCUT2D eigenvalue weighted by Gasteiger charge is 2.20. The van der Waals surface area contributed by atoms with Crippen molar-refractivity contribution in [1.29, 1.82) is 0 Å². The Labute approximate surface area is 127 Å². The highest BCUT2D eigenvalue weighted by molar-refractivity contribution is 4.96. The fraction of sp³-hybridized carbons (Fsp3) is 0. The number of nitro groups is 2. The second-order valence-corrected chi connectivity index (χ2v) is 3.31. The van der Waals surface area contributed by atoms with E-state index in [0.29, 0.717) is 9.58 Å². The Morgan fingerprint density at radius 2 is 1.17 bits per heavy atom. The van der Waals surface area contributed by atoms with Crippen molar-refractivity contribution in [2.75, 3.05) is 0 Å². The third kappa shape index (κ3) is 3.99. The van der Waals surface area contributed by atoms with E-state index in [1.165, 1.54) is 0 Å². The molecule has 0 spiro atoms. The molecule has 0 radical (unpaired) electrons. The maximum atomic E-state index is 11.1. The van der Waals surface area contributed by atoms with Crippen LogP contribution in [-0.2, 0) is 0 Å². The number of aromatic nitrogens is 6. The molecule has 24 heavy (non-hydrogen) atoms. The summed E-state index contributed by atoms with van der Waals surface area (Å²) in [5, 5.41) is 57.9. The summed E-state index contributed by atoms with van der Waals surface area (Å²) in [5.41, 5.74) is 0. The van der Waals surface area contributed by atoms with E-state index in [1.807, 2.05) is 0 Å². The van der Waals surface area contributed by atoms with Gasteiger partial charge in [0.25, 0.3) is 11.4 Å². The second kappa shape index (κ2) is 6.50. The van der Waals surface area contributed by atoms with Crippen LogP contribution in [0.4, 0.5) is 11.9 Å². The van der Waals surface area contributed by atoms with E-state index < -0.39 is 31.7 Å². The summed E-state index contributed by atoms with van der Waals surface area (Å²) in [6.45, 7) is 0. The highest BCUT2D eigenvalue weighted by Crippen LogP contribution is 2.04. The van der Waals surface area contributed by atoms with Gasteiger partial charge in [0.1, 0.15) is 16.6 Å². The first-order valence-corrected chi connectivity index (χ1v) is 5.27. The van der Waals surface area contributed by atoms with Gasteiger partial charge in [0, 0.05) is 15.0 Å². The third-order valence-corrected chi connectivity index (χ3v) is 1.81. The van der Waals surface area contributed by atoms with Gasteiger partial charge < -0.3 is 20.5 Å². The lowest BCUT2D eigenvalue weighted by atomic mass is 11.1. The number of hydrogen-bond acceptors (Lipinski definition) is 12. The second-order valence-electron chi connectivity index (χ2n) is 3.31. The zero-order chi connectivity index (χ0) is 17.7. The quantitative estimate of drug-likeness (QED) is 0.271. The molecular weight excluding hydrogens is 340 g/mol. The predicted octanol–water partition coefficient (Wildman–Crippen LogP) is -0.880. The predicted molar refractivity (Wildman–Crippen MR) is 61.1 cm³/mol. The standard InChI is InChI=1S/C4H2N14O6/c19-15(11-17(21)22)3-5-1-13(7-3)9-10-14-2-6-4(8-14)16(20)12-18(23)24/h1-2H/b10-9?,15-11+,16-12?. The number of nitrogens with zero attached hydrogens (tertiary/aromatic N) is 14. The van der Waals surface area contributed by atoms with E-state index in [9.17, 15) is 30.6 Å². The zero-order valence-corrected chi connectivity index (χ0v) is 10.9. The molecule has 0 bridgehead atoms. The largest absolute Gasteiger partial charge is 0.685 e. The van der Waals surface area contributed by atoms with Crippen LogP contribution in [0.1, 0.15) is 0 Å². The molecule has 0 aromatic carbocycles. The smallest absolute Gasteiger partial charge is 0.586 e. The molecule has 124 valence electrons. The first-order valence-electron chi connectivity index (χ1n) is 5.27. The van der Waals surface area contributed by atoms with Gasteiger partial charge >= 0.3 is 17.1 Å². The lowest BCUT2D eigenvalue weighted by Crippen LogP contribution is -2.00. The molecule has 0 aliphatic rings. The SMILES string of the molecule is O=[N+]([O-])N=[N+]([O-])c1ncn(N=Nn2cnc(/[N+]([O-])=N\[N+](=O)[O-])n2)n1. The Morgan fingerprint density at radius 1 is 0.792 bits per heavy atom. The Balaban J connectivity index is 2.12. The zero-order valence-electron chi connectivity index (χ0n) is 10.9. The van der Waals surface area contributed by atoms with Crippen LogP contribution in [-0.4, -0.2) is 49.5 Å². The highest BCUT2D eigenvalue weighted by atomic mass is 16.7. The Hall–Kier alpha value is -4.52. The van der Waals surface area contributed by atoms with Crippen molar-refractivity contribution in [2.24, 2.45) is 20.9 Å². The average molecular weight is 342 g/mol. The normalized spacial score (nSPS) is 12.7. The van der Waals surface area contributed by atoms with Gasteiger partial charge in [-0.05, 0) is 10.1 Å². The molecule has 2 heterocycles. The Bertz CT molecular complexity index is 788. The minimum atomic E-state index is -1.25. The maximum Gasteiger partial charge on any atom is 0.586 e. The van der Waals surface area contributed by atoms with Gasteiger partial charge in [0.05, 0.1) is 9.89 Å². The summed E-state index contributed by atoms with van der Waals surface area (Å²) in [7, 11) is 0. The average Bonchev–Trinajstić information content (AvgIpc) is 3.13. The maximum absolute atomic E-state index is 11.1. The van der Waals surface area contributed by atoms with Gasteiger partial charge in [-0.3, -0.25) is 0 Å². The summed E-state index contributed by atoms with van der Waals surface area (Å²) in [4.78, 5) is 27.1. The van der Waals surface area contributed by atoms with Crippen LogP contribution in [0.15, 0.2) is 33.5 Å². The van der Waals surface area contributed by atoms with Gasteiger partial charge in [0.2, 0.25) is 0 Å². The summed E-state index contributed by atoms with van der Waals surface area (Å²) >= 11 is 0. The third-order valence-electron chi connectivity index (χ3n) is 1.81. The van der Waals surface area contributed by atoms with Gasteiger partial charge in [-0.2, -0.15) is 0 Å². The van der Waals surface area contributed by atoms with E-state index in [2.05, 4.69) is 41.1 Å². The van der Waals surface area contributed by atoms with Gasteiger partial charge in [-0.1, -0.05) is 5.10 Å². The van der Waals surface area contributed by atoms with Crippen LogP contribution in [0.25, 0.3) is 0 Å². The molecule has 2 aromatic rings. The molecule has 0 aliphatic carbocycles. The van der Waals surface area contributed by atoms with Crippen LogP contribution >= 0.6 is 0 Å². The van der Waals surface area contributed by atoms with Crippen LogP contribution in [0.3, 0.4) is 0 Å². The van der Waals surface area contributed by atoms with Crippen molar-refractivity contribution in [3.63, 3.8) is 0 Å².